The maximum Gasteiger partial charge on any atom is 0.116 e. The van der Waals surface area contributed by atoms with Gasteiger partial charge in [-0.15, -0.1) is 11.3 Å². The van der Waals surface area contributed by atoms with Gasteiger partial charge in [0, 0.05) is 20.1 Å². The third kappa shape index (κ3) is 3.48. The first-order chi connectivity index (χ1) is 16.3. The van der Waals surface area contributed by atoms with E-state index >= 15 is 0 Å². The van der Waals surface area contributed by atoms with Crippen LogP contribution >= 0.6 is 23.1 Å². The molecule has 0 radical (unpaired) electrons. The first-order valence-corrected chi connectivity index (χ1v) is 12.0. The molecule has 3 aromatic carbocycles. The van der Waals surface area contributed by atoms with E-state index in [0.717, 1.165) is 20.8 Å². The highest BCUT2D eigenvalue weighted by atomic mass is 32.2. The van der Waals surface area contributed by atoms with Crippen molar-refractivity contribution in [2.24, 2.45) is 0 Å². The highest BCUT2D eigenvalue weighted by Crippen LogP contribution is 2.52. The second-order valence-corrected chi connectivity index (χ2v) is 9.64. The van der Waals surface area contributed by atoms with E-state index in [1.807, 2.05) is 30.3 Å². The van der Waals surface area contributed by atoms with Crippen molar-refractivity contribution in [1.82, 2.24) is 9.97 Å². The molecular formula is C27H16N4S2. The van der Waals surface area contributed by atoms with E-state index in [4.69, 9.17) is 0 Å². The van der Waals surface area contributed by atoms with Crippen LogP contribution in [0.3, 0.4) is 0 Å². The molecule has 2 aromatic heterocycles. The van der Waals surface area contributed by atoms with Crippen molar-refractivity contribution in [2.75, 3.05) is 4.90 Å². The minimum absolute atomic E-state index is 0.525. The Hall–Kier alpha value is -3.92. The summed E-state index contributed by atoms with van der Waals surface area (Å²) in [5.74, 6) is 0. The van der Waals surface area contributed by atoms with Gasteiger partial charge in [-0.3, -0.25) is 4.90 Å². The van der Waals surface area contributed by atoms with Gasteiger partial charge in [0.05, 0.1) is 28.2 Å². The van der Waals surface area contributed by atoms with Crippen LogP contribution in [0.5, 0.6) is 0 Å². The topological polar surface area (TPSA) is 52.8 Å². The number of hydrogen-bond acceptors (Lipinski definition) is 6. The van der Waals surface area contributed by atoms with Crippen molar-refractivity contribution in [3.8, 4) is 6.07 Å². The molecule has 0 unspecified atom stereocenters. The average molecular weight is 461 g/mol. The Balaban J connectivity index is 1.44. The smallest absolute Gasteiger partial charge is 0.116 e. The number of nitrogens with zero attached hydrogens (tertiary/aromatic N) is 4. The molecule has 5 aromatic rings. The van der Waals surface area contributed by atoms with Crippen molar-refractivity contribution in [3.05, 3.63) is 102 Å². The largest absolute Gasteiger partial charge is 0.300 e. The van der Waals surface area contributed by atoms with Gasteiger partial charge in [-0.05, 0) is 48.5 Å². The summed E-state index contributed by atoms with van der Waals surface area (Å²) in [5, 5.41) is 11.9. The summed E-state index contributed by atoms with van der Waals surface area (Å²) in [7, 11) is 0. The van der Waals surface area contributed by atoms with Crippen LogP contribution in [0, 0.1) is 11.3 Å². The summed E-state index contributed by atoms with van der Waals surface area (Å²) >= 11 is 3.45. The zero-order chi connectivity index (χ0) is 22.2. The maximum atomic E-state index is 9.93. The van der Waals surface area contributed by atoms with E-state index < -0.39 is 0 Å². The Kier molecular flexibility index (Phi) is 4.91. The summed E-state index contributed by atoms with van der Waals surface area (Å²) in [6.45, 7) is 0. The van der Waals surface area contributed by atoms with E-state index in [1.54, 1.807) is 23.1 Å². The van der Waals surface area contributed by atoms with Gasteiger partial charge in [0.1, 0.15) is 17.4 Å². The van der Waals surface area contributed by atoms with Crippen LogP contribution in [-0.4, -0.2) is 9.97 Å². The summed E-state index contributed by atoms with van der Waals surface area (Å²) in [5.41, 5.74) is 4.34. The number of nitriles is 1. The highest BCUT2D eigenvalue weighted by Gasteiger charge is 2.25. The van der Waals surface area contributed by atoms with Gasteiger partial charge in [0.2, 0.25) is 0 Å². The van der Waals surface area contributed by atoms with Crippen molar-refractivity contribution < 1.29 is 0 Å². The Morgan fingerprint density at radius 3 is 2.27 bits per heavy atom. The third-order valence-electron chi connectivity index (χ3n) is 5.47. The fourth-order valence-electron chi connectivity index (χ4n) is 4.00. The summed E-state index contributed by atoms with van der Waals surface area (Å²) < 4.78 is 0. The molecule has 6 rings (SSSR count). The van der Waals surface area contributed by atoms with Gasteiger partial charge in [-0.25, -0.2) is 9.97 Å². The highest BCUT2D eigenvalue weighted by molar-refractivity contribution is 7.99. The Labute approximate surface area is 199 Å². The molecule has 6 heteroatoms. The number of benzene rings is 3. The Morgan fingerprint density at radius 1 is 0.818 bits per heavy atom. The van der Waals surface area contributed by atoms with Crippen molar-refractivity contribution in [2.45, 2.75) is 9.79 Å². The number of anilines is 3. The zero-order valence-corrected chi connectivity index (χ0v) is 19.0. The lowest BCUT2D eigenvalue weighted by molar-refractivity contribution is 1.18. The molecule has 0 saturated carbocycles. The van der Waals surface area contributed by atoms with E-state index in [-0.39, 0.29) is 0 Å². The second-order valence-electron chi connectivity index (χ2n) is 7.46. The number of rotatable bonds is 3. The maximum absolute atomic E-state index is 9.93. The standard InChI is InChI=1S/C27H16N4S2/c28-16-18(27-20-7-1-2-8-21(20)29-17-30-27)15-19-13-14-26(32-19)31-22-9-3-5-11-24(22)33-25-12-6-4-10-23(25)31/h1-15,17H/b18-15+. The fraction of sp³-hybridized carbons (Fsp3) is 0. The number of fused-ring (bicyclic) bond motifs is 3. The van der Waals surface area contributed by atoms with Gasteiger partial charge in [-0.1, -0.05) is 54.2 Å². The number of allylic oxidation sites excluding steroid dienone is 1. The molecular weight excluding hydrogens is 444 g/mol. The zero-order valence-electron chi connectivity index (χ0n) is 17.3. The summed E-state index contributed by atoms with van der Waals surface area (Å²) in [6, 6.07) is 31.2. The quantitative estimate of drug-likeness (QED) is 0.253. The minimum atomic E-state index is 0.525. The van der Waals surface area contributed by atoms with Gasteiger partial charge in [0.25, 0.3) is 0 Å². The van der Waals surface area contributed by atoms with Crippen molar-refractivity contribution in [3.63, 3.8) is 0 Å². The van der Waals surface area contributed by atoms with Crippen LogP contribution in [0.4, 0.5) is 16.4 Å². The van der Waals surface area contributed by atoms with Crippen LogP contribution < -0.4 is 4.90 Å². The second kappa shape index (κ2) is 8.21. The van der Waals surface area contributed by atoms with Crippen LogP contribution in [0.2, 0.25) is 0 Å². The van der Waals surface area contributed by atoms with E-state index in [9.17, 15) is 5.26 Å². The molecule has 1 aliphatic heterocycles. The molecule has 33 heavy (non-hydrogen) atoms. The molecule has 156 valence electrons. The SMILES string of the molecule is N#C/C(=C\c1ccc(N2c3ccccc3Sc3ccccc32)s1)c1ncnc2ccccc12. The van der Waals surface area contributed by atoms with Gasteiger partial charge >= 0.3 is 0 Å². The van der Waals surface area contributed by atoms with Gasteiger partial charge in [0.15, 0.2) is 0 Å². The van der Waals surface area contributed by atoms with Gasteiger partial charge in [-0.2, -0.15) is 5.26 Å². The van der Waals surface area contributed by atoms with Crippen LogP contribution in [-0.2, 0) is 0 Å². The molecule has 0 atom stereocenters. The monoisotopic (exact) mass is 460 g/mol. The lowest BCUT2D eigenvalue weighted by Gasteiger charge is -2.31. The van der Waals surface area contributed by atoms with Crippen LogP contribution in [0.25, 0.3) is 22.6 Å². The minimum Gasteiger partial charge on any atom is -0.300 e. The molecule has 1 aliphatic rings. The van der Waals surface area contributed by atoms with E-state index in [2.05, 4.69) is 81.6 Å². The molecule has 0 bridgehead atoms. The number of hydrogen-bond donors (Lipinski definition) is 0. The molecule has 4 nitrogen and oxygen atoms in total. The molecule has 0 spiro atoms. The molecule has 0 amide bonds. The normalized spacial score (nSPS) is 12.8. The molecule has 0 saturated heterocycles. The van der Waals surface area contributed by atoms with Gasteiger partial charge < -0.3 is 0 Å². The lowest BCUT2D eigenvalue weighted by atomic mass is 10.1. The van der Waals surface area contributed by atoms with E-state index in [1.165, 1.54) is 27.5 Å². The number of para-hydroxylation sites is 3. The summed E-state index contributed by atoms with van der Waals surface area (Å²) in [4.78, 5) is 14.5. The average Bonchev–Trinajstić information content (AvgIpc) is 3.33. The van der Waals surface area contributed by atoms with Crippen molar-refractivity contribution >= 4 is 62.0 Å². The Bertz CT molecular complexity index is 1530. The van der Waals surface area contributed by atoms with E-state index in [0.29, 0.717) is 11.3 Å². The van der Waals surface area contributed by atoms with Crippen LogP contribution in [0.15, 0.2) is 101 Å². The first-order valence-electron chi connectivity index (χ1n) is 10.4. The molecule has 0 N–H and O–H groups in total. The first kappa shape index (κ1) is 19.7. The molecule has 0 aliphatic carbocycles. The van der Waals surface area contributed by atoms with Crippen LogP contribution in [0.1, 0.15) is 10.6 Å². The summed E-state index contributed by atoms with van der Waals surface area (Å²) in [6.07, 6.45) is 3.43. The van der Waals surface area contributed by atoms with Crippen molar-refractivity contribution in [1.29, 1.82) is 5.26 Å². The predicted molar refractivity (Wildman–Crippen MR) is 136 cm³/mol. The lowest BCUT2D eigenvalue weighted by Crippen LogP contribution is -2.13. The predicted octanol–water partition coefficient (Wildman–Crippen LogP) is 7.69. The Morgan fingerprint density at radius 2 is 1.52 bits per heavy atom. The molecule has 3 heterocycles. The fourth-order valence-corrected chi connectivity index (χ4v) is 6.03. The molecule has 0 fully saturated rings. The number of aromatic nitrogens is 2. The number of thiophene rings is 1. The third-order valence-corrected chi connectivity index (χ3v) is 7.62.